The van der Waals surface area contributed by atoms with E-state index in [9.17, 15) is 0 Å². The molecule has 0 saturated carbocycles. The molecule has 2 N–H and O–H groups in total. The summed E-state index contributed by atoms with van der Waals surface area (Å²) in [5.41, 5.74) is 1.87. The van der Waals surface area contributed by atoms with Crippen molar-refractivity contribution < 1.29 is 9.84 Å². The van der Waals surface area contributed by atoms with Crippen molar-refractivity contribution in [3.05, 3.63) is 24.2 Å². The third kappa shape index (κ3) is 2.77. The van der Waals surface area contributed by atoms with Crippen LogP contribution >= 0.6 is 0 Å². The molecule has 2 aromatic rings. The third-order valence-electron chi connectivity index (χ3n) is 2.70. The molecule has 98 valence electrons. The van der Waals surface area contributed by atoms with Crippen LogP contribution in [0.2, 0.25) is 0 Å². The molecule has 6 heteroatoms. The summed E-state index contributed by atoms with van der Waals surface area (Å²) in [5, 5.41) is 16.6. The first kappa shape index (κ1) is 12.8. The van der Waals surface area contributed by atoms with Gasteiger partial charge in [0, 0.05) is 26.1 Å². The van der Waals surface area contributed by atoms with Gasteiger partial charge in [0.05, 0.1) is 18.3 Å². The molecular weight excluding hydrogens is 232 g/mol. The number of rotatable bonds is 6. The lowest BCUT2D eigenvalue weighted by Crippen LogP contribution is -2.26. The molecule has 2 rings (SSSR count). The molecule has 2 heterocycles. The highest BCUT2D eigenvalue weighted by Crippen LogP contribution is 2.16. The number of anilines is 1. The fourth-order valence-corrected chi connectivity index (χ4v) is 1.90. The average molecular weight is 250 g/mol. The topological polar surface area (TPSA) is 71.7 Å². The number of methoxy groups -OCH3 is 1. The predicted molar refractivity (Wildman–Crippen MR) is 68.7 cm³/mol. The van der Waals surface area contributed by atoms with Gasteiger partial charge in [0.15, 0.2) is 5.82 Å². The largest absolute Gasteiger partial charge is 0.396 e. The maximum atomic E-state index is 9.03. The Balaban J connectivity index is 2.23. The van der Waals surface area contributed by atoms with Gasteiger partial charge in [-0.3, -0.25) is 0 Å². The second-order valence-corrected chi connectivity index (χ2v) is 4.20. The van der Waals surface area contributed by atoms with E-state index in [1.54, 1.807) is 17.8 Å². The maximum absolute atomic E-state index is 9.03. The molecule has 0 aliphatic carbocycles. The Hall–Kier alpha value is -1.66. The van der Waals surface area contributed by atoms with Crippen LogP contribution in [-0.4, -0.2) is 46.1 Å². The minimum Gasteiger partial charge on any atom is -0.396 e. The van der Waals surface area contributed by atoms with Gasteiger partial charge in [0.2, 0.25) is 0 Å². The number of nitrogens with zero attached hydrogens (tertiary/aromatic N) is 3. The number of hydrogen-bond acceptors (Lipinski definition) is 5. The van der Waals surface area contributed by atoms with Gasteiger partial charge in [-0.05, 0) is 19.4 Å². The molecule has 0 aliphatic rings. The van der Waals surface area contributed by atoms with E-state index in [-0.39, 0.29) is 12.6 Å². The van der Waals surface area contributed by atoms with E-state index >= 15 is 0 Å². The van der Waals surface area contributed by atoms with E-state index in [1.165, 1.54) is 0 Å². The number of hydrogen-bond donors (Lipinski definition) is 2. The molecule has 0 amide bonds. The molecular formula is C12H18N4O2. The van der Waals surface area contributed by atoms with Crippen molar-refractivity contribution in [2.24, 2.45) is 0 Å². The van der Waals surface area contributed by atoms with E-state index < -0.39 is 0 Å². The smallest absolute Gasteiger partial charge is 0.152 e. The number of aliphatic hydroxyl groups is 1. The van der Waals surface area contributed by atoms with E-state index in [1.807, 2.05) is 19.2 Å². The van der Waals surface area contributed by atoms with Crippen LogP contribution in [0.5, 0.6) is 0 Å². The minimum absolute atomic E-state index is 0.0360. The van der Waals surface area contributed by atoms with Crippen molar-refractivity contribution in [1.29, 1.82) is 0 Å². The van der Waals surface area contributed by atoms with Gasteiger partial charge in [-0.1, -0.05) is 0 Å². The van der Waals surface area contributed by atoms with Crippen LogP contribution in [0.25, 0.3) is 5.52 Å². The minimum atomic E-state index is 0.0360. The lowest BCUT2D eigenvalue weighted by Gasteiger charge is -2.17. The first-order valence-corrected chi connectivity index (χ1v) is 5.92. The van der Waals surface area contributed by atoms with Crippen molar-refractivity contribution in [2.75, 3.05) is 25.6 Å². The van der Waals surface area contributed by atoms with Gasteiger partial charge in [-0.2, -0.15) is 5.10 Å². The molecule has 2 aromatic heterocycles. The Labute approximate surface area is 106 Å². The standard InChI is InChI=1S/C12H18N4O2/c1-9-7-11-12(13-4-5-16(11)15-9)14-10(3-6-17)8-18-2/h4-5,7,10,17H,3,6,8H2,1-2H3,(H,13,14). The number of aryl methyl sites for hydroxylation is 1. The molecule has 0 radical (unpaired) electrons. The number of aliphatic hydroxyl groups excluding tert-OH is 1. The second kappa shape index (κ2) is 5.79. The normalized spacial score (nSPS) is 12.8. The van der Waals surface area contributed by atoms with Crippen molar-refractivity contribution in [3.8, 4) is 0 Å². The van der Waals surface area contributed by atoms with Crippen LogP contribution in [0.3, 0.4) is 0 Å². The zero-order valence-electron chi connectivity index (χ0n) is 10.6. The molecule has 6 nitrogen and oxygen atoms in total. The molecule has 0 aromatic carbocycles. The summed E-state index contributed by atoms with van der Waals surface area (Å²) < 4.78 is 6.91. The lowest BCUT2D eigenvalue weighted by atomic mass is 10.2. The quantitative estimate of drug-likeness (QED) is 0.795. The molecule has 0 saturated heterocycles. The number of aromatic nitrogens is 3. The predicted octanol–water partition coefficient (Wildman–Crippen LogP) is 0.847. The third-order valence-corrected chi connectivity index (χ3v) is 2.70. The van der Waals surface area contributed by atoms with Crippen molar-refractivity contribution in [1.82, 2.24) is 14.6 Å². The van der Waals surface area contributed by atoms with E-state index in [0.29, 0.717) is 13.0 Å². The van der Waals surface area contributed by atoms with Crippen molar-refractivity contribution >= 4 is 11.3 Å². The zero-order valence-corrected chi connectivity index (χ0v) is 10.6. The molecule has 0 bridgehead atoms. The van der Waals surface area contributed by atoms with Gasteiger partial charge >= 0.3 is 0 Å². The van der Waals surface area contributed by atoms with Gasteiger partial charge in [-0.15, -0.1) is 0 Å². The molecule has 1 unspecified atom stereocenters. The molecule has 0 fully saturated rings. The number of ether oxygens (including phenoxy) is 1. The van der Waals surface area contributed by atoms with Crippen LogP contribution < -0.4 is 5.32 Å². The Kier molecular flexibility index (Phi) is 4.11. The monoisotopic (exact) mass is 250 g/mol. The molecule has 0 aliphatic heterocycles. The average Bonchev–Trinajstić information content (AvgIpc) is 2.71. The lowest BCUT2D eigenvalue weighted by molar-refractivity contribution is 0.170. The highest BCUT2D eigenvalue weighted by atomic mass is 16.5. The van der Waals surface area contributed by atoms with Gasteiger partial charge in [0.25, 0.3) is 0 Å². The highest BCUT2D eigenvalue weighted by Gasteiger charge is 2.11. The maximum Gasteiger partial charge on any atom is 0.152 e. The number of nitrogens with one attached hydrogen (secondary N) is 1. The summed E-state index contributed by atoms with van der Waals surface area (Å²) in [7, 11) is 1.64. The molecule has 1 atom stereocenters. The number of fused-ring (bicyclic) bond motifs is 1. The summed E-state index contributed by atoms with van der Waals surface area (Å²) >= 11 is 0. The SMILES string of the molecule is COCC(CCO)Nc1nccn2nc(C)cc12. The second-order valence-electron chi connectivity index (χ2n) is 4.20. The van der Waals surface area contributed by atoms with Crippen LogP contribution in [0.15, 0.2) is 18.5 Å². The Bertz CT molecular complexity index is 506. The first-order valence-electron chi connectivity index (χ1n) is 5.92. The molecule has 18 heavy (non-hydrogen) atoms. The summed E-state index contributed by atoms with van der Waals surface area (Å²) in [4.78, 5) is 4.32. The highest BCUT2D eigenvalue weighted by molar-refractivity contribution is 5.67. The van der Waals surface area contributed by atoms with Crippen LogP contribution in [-0.2, 0) is 4.74 Å². The van der Waals surface area contributed by atoms with E-state index in [0.717, 1.165) is 17.0 Å². The summed E-state index contributed by atoms with van der Waals surface area (Å²) in [5.74, 6) is 0.758. The fraction of sp³-hybridized carbons (Fsp3) is 0.500. The van der Waals surface area contributed by atoms with E-state index in [2.05, 4.69) is 15.4 Å². The van der Waals surface area contributed by atoms with Gasteiger partial charge < -0.3 is 15.2 Å². The van der Waals surface area contributed by atoms with E-state index in [4.69, 9.17) is 9.84 Å². The zero-order chi connectivity index (χ0) is 13.0. The van der Waals surface area contributed by atoms with Crippen molar-refractivity contribution in [3.63, 3.8) is 0 Å². The van der Waals surface area contributed by atoms with Crippen LogP contribution in [0.1, 0.15) is 12.1 Å². The molecule has 0 spiro atoms. The fourth-order valence-electron chi connectivity index (χ4n) is 1.90. The Morgan fingerprint density at radius 1 is 1.56 bits per heavy atom. The summed E-state index contributed by atoms with van der Waals surface area (Å²) in [6, 6.07) is 2.01. The van der Waals surface area contributed by atoms with Crippen molar-refractivity contribution in [2.45, 2.75) is 19.4 Å². The van der Waals surface area contributed by atoms with Gasteiger partial charge in [-0.25, -0.2) is 9.50 Å². The Morgan fingerprint density at radius 2 is 2.39 bits per heavy atom. The van der Waals surface area contributed by atoms with Crippen LogP contribution in [0.4, 0.5) is 5.82 Å². The van der Waals surface area contributed by atoms with Crippen LogP contribution in [0, 0.1) is 6.92 Å². The Morgan fingerprint density at radius 3 is 3.11 bits per heavy atom. The van der Waals surface area contributed by atoms with Gasteiger partial charge in [0.1, 0.15) is 5.52 Å². The summed E-state index contributed by atoms with van der Waals surface area (Å²) in [6.07, 6.45) is 4.12. The first-order chi connectivity index (χ1) is 8.74. The summed E-state index contributed by atoms with van der Waals surface area (Å²) in [6.45, 7) is 2.58.